The minimum absolute atomic E-state index is 0.237. The van der Waals surface area contributed by atoms with E-state index in [1.54, 1.807) is 0 Å². The van der Waals surface area contributed by atoms with Gasteiger partial charge in [0.05, 0.1) is 6.10 Å². The molecule has 1 N–H and O–H groups in total. The van der Waals surface area contributed by atoms with Gasteiger partial charge in [-0.05, 0) is 69.2 Å². The van der Waals surface area contributed by atoms with Crippen molar-refractivity contribution < 1.29 is 4.74 Å². The van der Waals surface area contributed by atoms with Crippen molar-refractivity contribution in [3.63, 3.8) is 0 Å². The van der Waals surface area contributed by atoms with E-state index in [0.29, 0.717) is 6.10 Å². The lowest BCUT2D eigenvalue weighted by Gasteiger charge is -2.44. The summed E-state index contributed by atoms with van der Waals surface area (Å²) in [5, 5.41) is 0. The van der Waals surface area contributed by atoms with Gasteiger partial charge < -0.3 is 9.72 Å². The minimum atomic E-state index is -1.45. The zero-order chi connectivity index (χ0) is 16.1. The number of ether oxygens (including phenoxy) is 1. The average molecular weight is 324 g/mol. The lowest BCUT2D eigenvalue weighted by atomic mass is 9.70. The van der Waals surface area contributed by atoms with E-state index in [1.165, 1.54) is 38.5 Å². The third kappa shape index (κ3) is 3.18. The molecule has 3 aliphatic carbocycles. The Hall–Kier alpha value is 0.137. The topological polar surface area (TPSA) is 21.3 Å². The van der Waals surface area contributed by atoms with Crippen LogP contribution < -0.4 is 4.98 Å². The number of hydrogen-bond acceptors (Lipinski definition) is 2. The van der Waals surface area contributed by atoms with Crippen LogP contribution in [0.1, 0.15) is 59.3 Å². The molecule has 2 nitrogen and oxygen atoms in total. The number of hydrogen-bond donors (Lipinski definition) is 1. The molecule has 0 aromatic carbocycles. The summed E-state index contributed by atoms with van der Waals surface area (Å²) in [6, 6.07) is 0. The number of rotatable bonds is 3. The van der Waals surface area contributed by atoms with Crippen molar-refractivity contribution in [1.82, 2.24) is 4.98 Å². The van der Waals surface area contributed by atoms with Gasteiger partial charge in [-0.1, -0.05) is 32.4 Å². The van der Waals surface area contributed by atoms with Crippen LogP contribution in [0.3, 0.4) is 0 Å². The van der Waals surface area contributed by atoms with Crippen molar-refractivity contribution in [3.05, 3.63) is 0 Å². The second-order valence-electron chi connectivity index (χ2n) is 9.96. The summed E-state index contributed by atoms with van der Waals surface area (Å²) in [5.41, 5.74) is 1.13. The molecule has 6 unspecified atom stereocenters. The summed E-state index contributed by atoms with van der Waals surface area (Å²) in [6.45, 7) is 12.1. The van der Waals surface area contributed by atoms with Crippen LogP contribution in [0.2, 0.25) is 18.6 Å². The summed E-state index contributed by atoms with van der Waals surface area (Å²) in [6.07, 6.45) is 9.30. The van der Waals surface area contributed by atoms with Gasteiger partial charge in [-0.25, -0.2) is 0 Å². The summed E-state index contributed by atoms with van der Waals surface area (Å²) in [7, 11) is 0.509. The van der Waals surface area contributed by atoms with Gasteiger partial charge in [0.2, 0.25) is 0 Å². The molecule has 0 aromatic heterocycles. The fourth-order valence-corrected chi connectivity index (χ4v) is 10.8. The molecule has 0 amide bonds. The van der Waals surface area contributed by atoms with Crippen LogP contribution in [0.25, 0.3) is 0 Å². The maximum atomic E-state index is 5.98. The molecule has 3 heteroatoms. The molecule has 128 valence electrons. The lowest BCUT2D eigenvalue weighted by molar-refractivity contribution is 0.0258. The molecule has 6 atom stereocenters. The first kappa shape index (κ1) is 17.0. The van der Waals surface area contributed by atoms with Gasteiger partial charge in [-0.15, -0.1) is 0 Å². The standard InChI is InChI=1S/C19H37NOSi/c1-19(2,3)20-22(5,6)18-12-17(21-4)15-10-13-8-7-9-14(13)11-16(15)18/h13-18,20H,7-12H2,1-6H3. The normalized spacial score (nSPS) is 42.3. The van der Waals surface area contributed by atoms with Crippen LogP contribution in [0.4, 0.5) is 0 Å². The van der Waals surface area contributed by atoms with Gasteiger partial charge in [0.1, 0.15) is 8.24 Å². The van der Waals surface area contributed by atoms with Crippen molar-refractivity contribution in [2.45, 2.75) is 89.6 Å². The molecule has 3 rings (SSSR count). The van der Waals surface area contributed by atoms with Crippen molar-refractivity contribution in [1.29, 1.82) is 0 Å². The SMILES string of the molecule is COC1CC([Si](C)(C)NC(C)(C)C)C2CC3CCCC3CC12. The fourth-order valence-electron chi connectivity index (χ4n) is 6.43. The molecule has 0 spiro atoms. The molecule has 22 heavy (non-hydrogen) atoms. The Kier molecular flexibility index (Phi) is 4.55. The van der Waals surface area contributed by atoms with Gasteiger partial charge in [0.25, 0.3) is 0 Å². The highest BCUT2D eigenvalue weighted by Gasteiger charge is 2.54. The van der Waals surface area contributed by atoms with Crippen LogP contribution in [-0.4, -0.2) is 27.0 Å². The number of methoxy groups -OCH3 is 1. The number of nitrogens with one attached hydrogen (secondary N) is 1. The molecule has 0 heterocycles. The Morgan fingerprint density at radius 2 is 1.55 bits per heavy atom. The predicted molar refractivity (Wildman–Crippen MR) is 96.6 cm³/mol. The highest BCUT2D eigenvalue weighted by molar-refractivity contribution is 6.76. The van der Waals surface area contributed by atoms with Crippen LogP contribution in [0.5, 0.6) is 0 Å². The molecule has 3 saturated carbocycles. The van der Waals surface area contributed by atoms with Crippen molar-refractivity contribution in [3.8, 4) is 0 Å². The Bertz CT molecular complexity index is 403. The van der Waals surface area contributed by atoms with E-state index in [0.717, 1.165) is 29.2 Å². The lowest BCUT2D eigenvalue weighted by Crippen LogP contribution is -2.58. The van der Waals surface area contributed by atoms with Crippen LogP contribution in [0, 0.1) is 23.7 Å². The summed E-state index contributed by atoms with van der Waals surface area (Å²) in [5.74, 6) is 3.85. The van der Waals surface area contributed by atoms with Crippen LogP contribution >= 0.6 is 0 Å². The van der Waals surface area contributed by atoms with E-state index >= 15 is 0 Å². The monoisotopic (exact) mass is 323 g/mol. The highest BCUT2D eigenvalue weighted by Crippen LogP contribution is 2.58. The zero-order valence-corrected chi connectivity index (χ0v) is 16.6. The zero-order valence-electron chi connectivity index (χ0n) is 15.6. The smallest absolute Gasteiger partial charge is 0.123 e. The third-order valence-electron chi connectivity index (χ3n) is 6.92. The first-order valence-corrected chi connectivity index (χ1v) is 12.6. The molecular formula is C19H37NOSi. The highest BCUT2D eigenvalue weighted by atomic mass is 28.3. The van der Waals surface area contributed by atoms with Gasteiger partial charge in [0.15, 0.2) is 0 Å². The Morgan fingerprint density at radius 3 is 2.09 bits per heavy atom. The largest absolute Gasteiger partial charge is 0.381 e. The van der Waals surface area contributed by atoms with Gasteiger partial charge >= 0.3 is 0 Å². The second kappa shape index (κ2) is 5.89. The van der Waals surface area contributed by atoms with Crippen molar-refractivity contribution in [2.75, 3.05) is 7.11 Å². The summed E-state index contributed by atoms with van der Waals surface area (Å²) in [4.78, 5) is 4.06. The molecule has 0 aliphatic heterocycles. The summed E-state index contributed by atoms with van der Waals surface area (Å²) >= 11 is 0. The molecular weight excluding hydrogens is 286 g/mol. The minimum Gasteiger partial charge on any atom is -0.381 e. The van der Waals surface area contributed by atoms with Gasteiger partial charge in [-0.3, -0.25) is 0 Å². The average Bonchev–Trinajstić information content (AvgIpc) is 2.96. The predicted octanol–water partition coefficient (Wildman–Crippen LogP) is 4.81. The van der Waals surface area contributed by atoms with E-state index in [1.807, 2.05) is 7.11 Å². The molecule has 3 fully saturated rings. The molecule has 0 saturated heterocycles. The van der Waals surface area contributed by atoms with Crippen LogP contribution in [-0.2, 0) is 4.74 Å². The van der Waals surface area contributed by atoms with E-state index in [4.69, 9.17) is 4.74 Å². The van der Waals surface area contributed by atoms with Gasteiger partial charge in [-0.2, -0.15) is 0 Å². The van der Waals surface area contributed by atoms with E-state index < -0.39 is 8.24 Å². The van der Waals surface area contributed by atoms with E-state index in [-0.39, 0.29) is 5.54 Å². The third-order valence-corrected chi connectivity index (χ3v) is 10.8. The maximum Gasteiger partial charge on any atom is 0.123 e. The Morgan fingerprint density at radius 1 is 0.955 bits per heavy atom. The van der Waals surface area contributed by atoms with Crippen LogP contribution in [0.15, 0.2) is 0 Å². The fraction of sp³-hybridized carbons (Fsp3) is 1.00. The van der Waals surface area contributed by atoms with Crippen molar-refractivity contribution >= 4 is 8.24 Å². The Balaban J connectivity index is 1.80. The molecule has 3 aliphatic rings. The maximum absolute atomic E-state index is 5.98. The molecule has 0 aromatic rings. The van der Waals surface area contributed by atoms with E-state index in [2.05, 4.69) is 38.8 Å². The second-order valence-corrected chi connectivity index (χ2v) is 14.4. The quantitative estimate of drug-likeness (QED) is 0.752. The molecule has 0 bridgehead atoms. The first-order valence-electron chi connectivity index (χ1n) is 9.53. The molecule has 0 radical (unpaired) electrons. The first-order chi connectivity index (χ1) is 10.2. The van der Waals surface area contributed by atoms with Gasteiger partial charge in [0, 0.05) is 12.6 Å². The number of fused-ring (bicyclic) bond motifs is 2. The Labute approximate surface area is 138 Å². The summed E-state index contributed by atoms with van der Waals surface area (Å²) < 4.78 is 5.98. The van der Waals surface area contributed by atoms with Crippen molar-refractivity contribution in [2.24, 2.45) is 23.7 Å². The van der Waals surface area contributed by atoms with E-state index in [9.17, 15) is 0 Å².